The third-order valence-electron chi connectivity index (χ3n) is 7.36. The van der Waals surface area contributed by atoms with Crippen molar-refractivity contribution in [2.45, 2.75) is 25.3 Å². The summed E-state index contributed by atoms with van der Waals surface area (Å²) >= 11 is 0. The van der Waals surface area contributed by atoms with E-state index in [1.54, 1.807) is 42.5 Å². The summed E-state index contributed by atoms with van der Waals surface area (Å²) in [6.45, 7) is 2.28. The highest BCUT2D eigenvalue weighted by atomic mass is 19.1. The molecular weight excluding hydrogens is 527 g/mol. The van der Waals surface area contributed by atoms with Crippen LogP contribution < -0.4 is 15.5 Å². The van der Waals surface area contributed by atoms with Crippen molar-refractivity contribution in [3.63, 3.8) is 0 Å². The molecule has 0 bridgehead atoms. The lowest BCUT2D eigenvalue weighted by Gasteiger charge is -2.37. The fourth-order valence-electron chi connectivity index (χ4n) is 4.96. The fourth-order valence-corrected chi connectivity index (χ4v) is 4.96. The number of hydrogen-bond acceptors (Lipinski definition) is 5. The Balaban J connectivity index is 1.38. The number of nitrogens with zero attached hydrogens (tertiary/aromatic N) is 2. The van der Waals surface area contributed by atoms with Crippen molar-refractivity contribution in [2.75, 3.05) is 36.4 Å². The Labute approximate surface area is 237 Å². The van der Waals surface area contributed by atoms with Crippen molar-refractivity contribution in [3.05, 3.63) is 95.3 Å². The van der Waals surface area contributed by atoms with E-state index in [-0.39, 0.29) is 23.3 Å². The Kier molecular flexibility index (Phi) is 8.28. The van der Waals surface area contributed by atoms with Crippen LogP contribution in [-0.2, 0) is 9.59 Å². The van der Waals surface area contributed by atoms with Crippen molar-refractivity contribution < 1.29 is 28.7 Å². The zero-order valence-corrected chi connectivity index (χ0v) is 22.4. The molecule has 212 valence electrons. The van der Waals surface area contributed by atoms with Crippen LogP contribution in [-0.4, -0.2) is 59.9 Å². The molecule has 3 N–H and O–H groups in total. The summed E-state index contributed by atoms with van der Waals surface area (Å²) in [5, 5.41) is 15.1. The quantitative estimate of drug-likeness (QED) is 0.364. The number of benzene rings is 3. The monoisotopic (exact) mass is 558 g/mol. The second-order valence-corrected chi connectivity index (χ2v) is 10.3. The highest BCUT2D eigenvalue weighted by Gasteiger charge is 2.35. The number of anilines is 2. The Morgan fingerprint density at radius 2 is 1.54 bits per heavy atom. The van der Waals surface area contributed by atoms with Gasteiger partial charge in [0, 0.05) is 43.2 Å². The minimum absolute atomic E-state index is 0.153. The van der Waals surface area contributed by atoms with E-state index >= 15 is 0 Å². The summed E-state index contributed by atoms with van der Waals surface area (Å²) in [7, 11) is 0. The highest BCUT2D eigenvalue weighted by molar-refractivity contribution is 6.07. The molecule has 1 aliphatic carbocycles. The first-order valence-corrected chi connectivity index (χ1v) is 13.6. The Hall–Kier alpha value is -4.73. The number of carboxylic acid groups (broad SMARTS) is 1. The molecule has 10 heteroatoms. The molecule has 5 rings (SSSR count). The Morgan fingerprint density at radius 3 is 2.17 bits per heavy atom. The number of carbonyl (C=O) groups excluding carboxylic acids is 3. The van der Waals surface area contributed by atoms with Gasteiger partial charge in [-0.15, -0.1) is 0 Å². The normalized spacial score (nSPS) is 15.6. The van der Waals surface area contributed by atoms with Crippen LogP contribution in [0.2, 0.25) is 0 Å². The second kappa shape index (κ2) is 12.2. The van der Waals surface area contributed by atoms with Crippen molar-refractivity contribution >= 4 is 35.1 Å². The first-order chi connectivity index (χ1) is 19.8. The molecule has 9 nitrogen and oxygen atoms in total. The van der Waals surface area contributed by atoms with Gasteiger partial charge in [0.25, 0.3) is 11.8 Å². The lowest BCUT2D eigenvalue weighted by molar-refractivity contribution is -0.137. The first kappa shape index (κ1) is 27.8. The standard InChI is InChI=1S/C31H31FN4O5/c32-24-11-8-20(9-12-24)25(19-28(37)38)33-30(40)23-10-13-27(26(18-23)34-29(39)21-4-2-1-3-5-21)35-14-16-36(17-15-35)31(41)22-6-7-22/h1-5,8-13,18,22,25H,6-7,14-17,19H2,(H,33,40)(H,34,39)(H,37,38). The van der Waals surface area contributed by atoms with Crippen LogP contribution >= 0.6 is 0 Å². The van der Waals surface area contributed by atoms with Crippen molar-refractivity contribution in [1.82, 2.24) is 10.2 Å². The number of amides is 3. The highest BCUT2D eigenvalue weighted by Crippen LogP contribution is 2.33. The summed E-state index contributed by atoms with van der Waals surface area (Å²) in [6.07, 6.45) is 1.51. The first-order valence-electron chi connectivity index (χ1n) is 13.6. The van der Waals surface area contributed by atoms with Gasteiger partial charge in [0.2, 0.25) is 5.91 Å². The van der Waals surface area contributed by atoms with Gasteiger partial charge in [-0.1, -0.05) is 30.3 Å². The SMILES string of the molecule is O=C(O)CC(NC(=O)c1ccc(N2CCN(C(=O)C3CC3)CC2)c(NC(=O)c2ccccc2)c1)c1ccc(F)cc1. The summed E-state index contributed by atoms with van der Waals surface area (Å²) in [6, 6.07) is 18.0. The molecule has 1 aliphatic heterocycles. The molecule has 3 aromatic carbocycles. The molecular formula is C31H31FN4O5. The van der Waals surface area contributed by atoms with Crippen molar-refractivity contribution in [3.8, 4) is 0 Å². The van der Waals surface area contributed by atoms with Gasteiger partial charge in [-0.05, 0) is 60.9 Å². The van der Waals surface area contributed by atoms with Gasteiger partial charge in [0.15, 0.2) is 0 Å². The molecule has 2 fully saturated rings. The minimum Gasteiger partial charge on any atom is -0.481 e. The summed E-state index contributed by atoms with van der Waals surface area (Å²) < 4.78 is 13.4. The predicted octanol–water partition coefficient (Wildman–Crippen LogP) is 4.08. The molecule has 3 aromatic rings. The minimum atomic E-state index is -1.12. The zero-order chi connectivity index (χ0) is 28.9. The molecule has 2 aliphatic rings. The molecule has 1 heterocycles. The largest absolute Gasteiger partial charge is 0.481 e. The van der Waals surface area contributed by atoms with Gasteiger partial charge in [0.05, 0.1) is 23.8 Å². The van der Waals surface area contributed by atoms with Gasteiger partial charge in [-0.25, -0.2) is 4.39 Å². The van der Waals surface area contributed by atoms with Crippen molar-refractivity contribution in [2.24, 2.45) is 5.92 Å². The summed E-state index contributed by atoms with van der Waals surface area (Å²) in [5.74, 6) is -2.12. The Bertz CT molecular complexity index is 1430. The number of hydrogen-bond donors (Lipinski definition) is 3. The molecule has 1 saturated heterocycles. The maximum atomic E-state index is 13.4. The smallest absolute Gasteiger partial charge is 0.305 e. The molecule has 0 aromatic heterocycles. The van der Waals surface area contributed by atoms with Crippen molar-refractivity contribution in [1.29, 1.82) is 0 Å². The van der Waals surface area contributed by atoms with E-state index < -0.39 is 30.2 Å². The molecule has 1 atom stereocenters. The number of nitrogens with one attached hydrogen (secondary N) is 2. The second-order valence-electron chi connectivity index (χ2n) is 10.3. The molecule has 1 saturated carbocycles. The van der Waals surface area contributed by atoms with Crippen LogP contribution in [0.3, 0.4) is 0 Å². The third-order valence-corrected chi connectivity index (χ3v) is 7.36. The number of piperazine rings is 1. The van der Waals surface area contributed by atoms with Crippen LogP contribution in [0.1, 0.15) is 51.6 Å². The summed E-state index contributed by atoms with van der Waals surface area (Å²) in [4.78, 5) is 54.4. The fraction of sp³-hybridized carbons (Fsp3) is 0.290. The van der Waals surface area contributed by atoms with Crippen LogP contribution in [0.15, 0.2) is 72.8 Å². The zero-order valence-electron chi connectivity index (χ0n) is 22.4. The van der Waals surface area contributed by atoms with Gasteiger partial charge in [-0.2, -0.15) is 0 Å². The third kappa shape index (κ3) is 6.89. The maximum Gasteiger partial charge on any atom is 0.305 e. The molecule has 3 amide bonds. The molecule has 1 unspecified atom stereocenters. The van der Waals surface area contributed by atoms with E-state index in [2.05, 4.69) is 15.5 Å². The van der Waals surface area contributed by atoms with Gasteiger partial charge >= 0.3 is 5.97 Å². The van der Waals surface area contributed by atoms with E-state index in [1.807, 2.05) is 11.0 Å². The van der Waals surface area contributed by atoms with E-state index in [1.165, 1.54) is 24.3 Å². The number of aliphatic carboxylic acids is 1. The van der Waals surface area contributed by atoms with Crippen LogP contribution in [0.4, 0.5) is 15.8 Å². The van der Waals surface area contributed by atoms with E-state index in [0.29, 0.717) is 48.7 Å². The summed E-state index contributed by atoms with van der Waals surface area (Å²) in [5.41, 5.74) is 2.26. The van der Waals surface area contributed by atoms with Crippen LogP contribution in [0.25, 0.3) is 0 Å². The number of carboxylic acids is 1. The number of rotatable bonds is 9. The predicted molar refractivity (Wildman–Crippen MR) is 151 cm³/mol. The number of carbonyl (C=O) groups is 4. The van der Waals surface area contributed by atoms with Gasteiger partial charge in [-0.3, -0.25) is 19.2 Å². The molecule has 41 heavy (non-hydrogen) atoms. The average Bonchev–Trinajstić information content (AvgIpc) is 3.83. The topological polar surface area (TPSA) is 119 Å². The average molecular weight is 559 g/mol. The van der Waals surface area contributed by atoms with E-state index in [4.69, 9.17) is 0 Å². The lowest BCUT2D eigenvalue weighted by Crippen LogP contribution is -2.49. The van der Waals surface area contributed by atoms with E-state index in [0.717, 1.165) is 12.8 Å². The maximum absolute atomic E-state index is 13.4. The van der Waals surface area contributed by atoms with Gasteiger partial charge in [0.1, 0.15) is 5.82 Å². The lowest BCUT2D eigenvalue weighted by atomic mass is 10.0. The van der Waals surface area contributed by atoms with Crippen LogP contribution in [0.5, 0.6) is 0 Å². The van der Waals surface area contributed by atoms with Gasteiger partial charge < -0.3 is 25.5 Å². The van der Waals surface area contributed by atoms with Crippen LogP contribution in [0, 0.1) is 11.7 Å². The molecule has 0 radical (unpaired) electrons. The number of halogens is 1. The Morgan fingerprint density at radius 1 is 0.854 bits per heavy atom. The van der Waals surface area contributed by atoms with E-state index in [9.17, 15) is 28.7 Å². The molecule has 0 spiro atoms.